The Kier molecular flexibility index (Phi) is 4.87. The van der Waals surface area contributed by atoms with Crippen LogP contribution in [0.5, 0.6) is 0 Å². The summed E-state index contributed by atoms with van der Waals surface area (Å²) in [6.45, 7) is 0. The summed E-state index contributed by atoms with van der Waals surface area (Å²) in [5.41, 5.74) is -1.05. The van der Waals surface area contributed by atoms with E-state index < -0.39 is 29.7 Å². The zero-order chi connectivity index (χ0) is 15.4. The molecule has 0 radical (unpaired) electrons. The number of nitriles is 1. The van der Waals surface area contributed by atoms with Gasteiger partial charge in [0.15, 0.2) is 0 Å². The lowest BCUT2D eigenvalue weighted by molar-refractivity contribution is -0.212. The van der Waals surface area contributed by atoms with Crippen LogP contribution in [-0.2, 0) is 26.2 Å². The minimum absolute atomic E-state index is 0.113. The predicted molar refractivity (Wildman–Crippen MR) is 62.4 cm³/mol. The molecule has 4 nitrogen and oxygen atoms in total. The number of carbonyl (C=O) groups excluding carboxylic acids is 1. The molecule has 0 unspecified atom stereocenters. The minimum Gasteiger partial charge on any atom is -0.343 e. The summed E-state index contributed by atoms with van der Waals surface area (Å²) in [6.07, 6.45) is -5.10. The Morgan fingerprint density at radius 2 is 1.80 bits per heavy atom. The lowest BCUT2D eigenvalue weighted by Gasteiger charge is -2.29. The van der Waals surface area contributed by atoms with Gasteiger partial charge < -0.3 is 9.47 Å². The fraction of sp³-hybridized carbons (Fsp3) is 0.385. The first-order valence-electron chi connectivity index (χ1n) is 5.50. The van der Waals surface area contributed by atoms with Crippen LogP contribution in [0.3, 0.4) is 0 Å². The van der Waals surface area contributed by atoms with Gasteiger partial charge in [-0.15, -0.1) is 0 Å². The van der Waals surface area contributed by atoms with Crippen LogP contribution >= 0.6 is 0 Å². The summed E-state index contributed by atoms with van der Waals surface area (Å²) in [7, 11) is 2.25. The van der Waals surface area contributed by atoms with Crippen molar-refractivity contribution in [1.82, 2.24) is 0 Å². The molecule has 0 N–H and O–H groups in total. The van der Waals surface area contributed by atoms with Gasteiger partial charge in [0.25, 0.3) is 5.79 Å². The average Bonchev–Trinajstić information content (AvgIpc) is 2.40. The van der Waals surface area contributed by atoms with Gasteiger partial charge in [0.05, 0.1) is 18.1 Å². The average molecular weight is 287 g/mol. The van der Waals surface area contributed by atoms with Crippen molar-refractivity contribution in [1.29, 1.82) is 5.26 Å². The van der Waals surface area contributed by atoms with Crippen molar-refractivity contribution in [3.8, 4) is 6.07 Å². The number of benzene rings is 1. The zero-order valence-electron chi connectivity index (χ0n) is 10.8. The summed E-state index contributed by atoms with van der Waals surface area (Å²) in [5.74, 6) is -2.79. The Labute approximate surface area is 113 Å². The van der Waals surface area contributed by atoms with Crippen LogP contribution < -0.4 is 0 Å². The van der Waals surface area contributed by atoms with Crippen LogP contribution in [0.1, 0.15) is 17.5 Å². The molecule has 0 saturated heterocycles. The van der Waals surface area contributed by atoms with Crippen LogP contribution in [0.25, 0.3) is 0 Å². The Morgan fingerprint density at radius 3 is 2.25 bits per heavy atom. The molecule has 0 saturated carbocycles. The second kappa shape index (κ2) is 6.03. The van der Waals surface area contributed by atoms with Gasteiger partial charge in [-0.2, -0.15) is 18.4 Å². The predicted octanol–water partition coefficient (Wildman–Crippen LogP) is 2.63. The van der Waals surface area contributed by atoms with Gasteiger partial charge in [-0.25, -0.2) is 0 Å². The third-order valence-corrected chi connectivity index (χ3v) is 2.75. The van der Waals surface area contributed by atoms with Crippen LogP contribution in [0.4, 0.5) is 13.2 Å². The molecule has 7 heteroatoms. The van der Waals surface area contributed by atoms with Crippen molar-refractivity contribution in [3.05, 3.63) is 35.4 Å². The summed E-state index contributed by atoms with van der Waals surface area (Å²) in [5, 5.41) is 8.56. The van der Waals surface area contributed by atoms with Crippen LogP contribution in [-0.4, -0.2) is 20.0 Å². The number of Topliss-reactive ketones (excluding diaryl/α,β-unsaturated/α-hetero) is 1. The molecular weight excluding hydrogens is 275 g/mol. The molecule has 1 aromatic rings. The van der Waals surface area contributed by atoms with Gasteiger partial charge in [-0.05, 0) is 12.1 Å². The standard InChI is InChI=1S/C13H12F3NO3/c1-19-12(20-2,11(18)6-7-17)9-4-3-5-10(8-9)13(14,15)16/h3-5,8H,6H2,1-2H3. The number of ether oxygens (including phenoxy) is 2. The van der Waals surface area contributed by atoms with E-state index in [0.717, 1.165) is 32.4 Å². The second-order valence-electron chi connectivity index (χ2n) is 3.86. The number of ketones is 1. The normalized spacial score (nSPS) is 12.0. The van der Waals surface area contributed by atoms with Crippen molar-refractivity contribution in [2.75, 3.05) is 14.2 Å². The molecular formula is C13H12F3NO3. The molecule has 1 aromatic carbocycles. The lowest BCUT2D eigenvalue weighted by Crippen LogP contribution is -2.39. The van der Waals surface area contributed by atoms with Crippen LogP contribution in [0.15, 0.2) is 24.3 Å². The van der Waals surface area contributed by atoms with Crippen molar-refractivity contribution >= 4 is 5.78 Å². The van der Waals surface area contributed by atoms with E-state index in [1.807, 2.05) is 0 Å². The number of halogens is 3. The molecule has 108 valence electrons. The SMILES string of the molecule is COC(OC)(C(=O)CC#N)c1cccc(C(F)(F)F)c1. The fourth-order valence-corrected chi connectivity index (χ4v) is 1.80. The smallest absolute Gasteiger partial charge is 0.343 e. The van der Waals surface area contributed by atoms with Gasteiger partial charge in [-0.3, -0.25) is 4.79 Å². The van der Waals surface area contributed by atoms with Crippen LogP contribution in [0.2, 0.25) is 0 Å². The maximum absolute atomic E-state index is 12.7. The van der Waals surface area contributed by atoms with E-state index in [1.54, 1.807) is 6.07 Å². The molecule has 0 atom stereocenters. The van der Waals surface area contributed by atoms with Crippen molar-refractivity contribution in [2.24, 2.45) is 0 Å². The van der Waals surface area contributed by atoms with E-state index in [4.69, 9.17) is 14.7 Å². The maximum atomic E-state index is 12.7. The maximum Gasteiger partial charge on any atom is 0.416 e. The number of hydrogen-bond acceptors (Lipinski definition) is 4. The topological polar surface area (TPSA) is 59.3 Å². The highest BCUT2D eigenvalue weighted by Crippen LogP contribution is 2.34. The Balaban J connectivity index is 3.37. The quantitative estimate of drug-likeness (QED) is 0.781. The highest BCUT2D eigenvalue weighted by atomic mass is 19.4. The van der Waals surface area contributed by atoms with Gasteiger partial charge in [0, 0.05) is 19.8 Å². The zero-order valence-corrected chi connectivity index (χ0v) is 10.8. The van der Waals surface area contributed by atoms with E-state index in [-0.39, 0.29) is 5.56 Å². The highest BCUT2D eigenvalue weighted by molar-refractivity contribution is 5.88. The molecule has 0 aliphatic rings. The molecule has 1 rings (SSSR count). The molecule has 0 aliphatic heterocycles. The monoisotopic (exact) mass is 287 g/mol. The first kappa shape index (κ1) is 16.1. The molecule has 0 bridgehead atoms. The molecule has 0 heterocycles. The van der Waals surface area contributed by atoms with E-state index in [9.17, 15) is 18.0 Å². The molecule has 0 aliphatic carbocycles. The highest BCUT2D eigenvalue weighted by Gasteiger charge is 2.42. The fourth-order valence-electron chi connectivity index (χ4n) is 1.80. The first-order chi connectivity index (χ1) is 9.31. The largest absolute Gasteiger partial charge is 0.416 e. The van der Waals surface area contributed by atoms with Gasteiger partial charge in [-0.1, -0.05) is 12.1 Å². The number of alkyl halides is 3. The van der Waals surface area contributed by atoms with Gasteiger partial charge in [0.2, 0.25) is 5.78 Å². The summed E-state index contributed by atoms with van der Waals surface area (Å²) < 4.78 is 48.0. The first-order valence-corrected chi connectivity index (χ1v) is 5.50. The molecule has 20 heavy (non-hydrogen) atoms. The third kappa shape index (κ3) is 2.98. The minimum atomic E-state index is -4.55. The summed E-state index contributed by atoms with van der Waals surface area (Å²) >= 11 is 0. The van der Waals surface area contributed by atoms with Crippen molar-refractivity contribution in [2.45, 2.75) is 18.4 Å². The number of methoxy groups -OCH3 is 2. The van der Waals surface area contributed by atoms with E-state index >= 15 is 0 Å². The molecule has 0 spiro atoms. The van der Waals surface area contributed by atoms with E-state index in [2.05, 4.69) is 0 Å². The third-order valence-electron chi connectivity index (χ3n) is 2.75. The number of nitrogens with zero attached hydrogens (tertiary/aromatic N) is 1. The van der Waals surface area contributed by atoms with Crippen molar-refractivity contribution < 1.29 is 27.4 Å². The molecule has 0 aromatic heterocycles. The molecule has 0 fully saturated rings. The lowest BCUT2D eigenvalue weighted by atomic mass is 9.97. The Bertz CT molecular complexity index is 530. The van der Waals surface area contributed by atoms with Crippen LogP contribution in [0, 0.1) is 11.3 Å². The Morgan fingerprint density at radius 1 is 1.25 bits per heavy atom. The molecule has 0 amide bonds. The van der Waals surface area contributed by atoms with Gasteiger partial charge in [0.1, 0.15) is 0 Å². The summed E-state index contributed by atoms with van der Waals surface area (Å²) in [6, 6.07) is 5.68. The van der Waals surface area contributed by atoms with E-state index in [1.165, 1.54) is 6.07 Å². The second-order valence-corrected chi connectivity index (χ2v) is 3.86. The Hall–Kier alpha value is -1.91. The number of hydrogen-bond donors (Lipinski definition) is 0. The summed E-state index contributed by atoms with van der Waals surface area (Å²) in [4.78, 5) is 11.9. The van der Waals surface area contributed by atoms with E-state index in [0.29, 0.717) is 0 Å². The van der Waals surface area contributed by atoms with Gasteiger partial charge >= 0.3 is 6.18 Å². The number of rotatable bonds is 5. The van der Waals surface area contributed by atoms with Crippen molar-refractivity contribution in [3.63, 3.8) is 0 Å². The number of carbonyl (C=O) groups is 1.